The van der Waals surface area contributed by atoms with Gasteiger partial charge in [-0.15, -0.1) is 0 Å². The SMILES string of the molecule is COC(=O)c1ccc2c(c1)c(-c1ccnc(Nc3cc(N)c(N(C)CCN(C)C)cc3OC)n1)cn2C. The maximum Gasteiger partial charge on any atom is 0.337 e. The summed E-state index contributed by atoms with van der Waals surface area (Å²) in [5, 5.41) is 4.14. The number of methoxy groups -OCH3 is 2. The monoisotopic (exact) mass is 503 g/mol. The standard InChI is InChI=1S/C27H33N7O3/c1-32(2)11-12-33(3)24-15-25(36-5)22(14-20(24)28)31-27-29-10-9-21(30-27)19-16-34(4)23-8-7-17(13-18(19)23)26(35)37-6/h7-10,13-16H,11-12,28H2,1-6H3,(H,29,30,31). The molecule has 37 heavy (non-hydrogen) atoms. The summed E-state index contributed by atoms with van der Waals surface area (Å²) in [5.41, 5.74) is 11.6. The minimum atomic E-state index is -0.387. The molecule has 2 heterocycles. The highest BCUT2D eigenvalue weighted by molar-refractivity contribution is 6.00. The summed E-state index contributed by atoms with van der Waals surface area (Å²) in [5.74, 6) is 0.634. The number of carbonyl (C=O) groups is 1. The Morgan fingerprint density at radius 2 is 1.89 bits per heavy atom. The molecule has 2 aromatic heterocycles. The van der Waals surface area contributed by atoms with Gasteiger partial charge in [0.05, 0.1) is 42.5 Å². The molecule has 4 rings (SSSR count). The Labute approximate surface area is 216 Å². The summed E-state index contributed by atoms with van der Waals surface area (Å²) < 4.78 is 12.5. The largest absolute Gasteiger partial charge is 0.494 e. The molecule has 0 aliphatic heterocycles. The van der Waals surface area contributed by atoms with Crippen LogP contribution in [-0.4, -0.2) is 73.9 Å². The van der Waals surface area contributed by atoms with Gasteiger partial charge in [0.15, 0.2) is 0 Å². The van der Waals surface area contributed by atoms with Crippen LogP contribution in [0.2, 0.25) is 0 Å². The van der Waals surface area contributed by atoms with Crippen LogP contribution in [0.25, 0.3) is 22.2 Å². The van der Waals surface area contributed by atoms with Crippen molar-refractivity contribution >= 4 is 39.9 Å². The molecule has 2 aromatic carbocycles. The maximum atomic E-state index is 12.1. The van der Waals surface area contributed by atoms with E-state index in [0.717, 1.165) is 35.2 Å². The van der Waals surface area contributed by atoms with E-state index >= 15 is 0 Å². The van der Waals surface area contributed by atoms with Crippen LogP contribution in [0.3, 0.4) is 0 Å². The number of anilines is 4. The van der Waals surface area contributed by atoms with Gasteiger partial charge in [0, 0.05) is 62.1 Å². The number of nitrogens with zero attached hydrogens (tertiary/aromatic N) is 5. The van der Waals surface area contributed by atoms with E-state index in [9.17, 15) is 4.79 Å². The van der Waals surface area contributed by atoms with Gasteiger partial charge in [0.1, 0.15) is 5.75 Å². The molecule has 0 amide bonds. The third-order valence-corrected chi connectivity index (χ3v) is 6.23. The van der Waals surface area contributed by atoms with Gasteiger partial charge in [-0.25, -0.2) is 14.8 Å². The molecule has 0 saturated heterocycles. The van der Waals surface area contributed by atoms with Crippen LogP contribution in [0.4, 0.5) is 23.0 Å². The number of aromatic nitrogens is 3. The Kier molecular flexibility index (Phi) is 7.49. The van der Waals surface area contributed by atoms with Crippen LogP contribution < -0.4 is 20.7 Å². The lowest BCUT2D eigenvalue weighted by molar-refractivity contribution is 0.0601. The number of ether oxygens (including phenoxy) is 2. The number of esters is 1. The normalized spacial score (nSPS) is 11.1. The fraction of sp³-hybridized carbons (Fsp3) is 0.296. The smallest absolute Gasteiger partial charge is 0.337 e. The summed E-state index contributed by atoms with van der Waals surface area (Å²) in [6.07, 6.45) is 3.67. The minimum Gasteiger partial charge on any atom is -0.494 e. The molecule has 0 aliphatic carbocycles. The van der Waals surface area contributed by atoms with E-state index < -0.39 is 0 Å². The Bertz CT molecular complexity index is 1430. The average molecular weight is 504 g/mol. The van der Waals surface area contributed by atoms with E-state index in [4.69, 9.17) is 20.2 Å². The predicted molar refractivity (Wildman–Crippen MR) is 148 cm³/mol. The van der Waals surface area contributed by atoms with Crippen LogP contribution in [0, 0.1) is 0 Å². The van der Waals surface area contributed by atoms with E-state index in [1.54, 1.807) is 19.4 Å². The molecule has 10 heteroatoms. The first-order valence-electron chi connectivity index (χ1n) is 11.8. The quantitative estimate of drug-likeness (QED) is 0.261. The molecular formula is C27H33N7O3. The van der Waals surface area contributed by atoms with Gasteiger partial charge in [-0.2, -0.15) is 0 Å². The van der Waals surface area contributed by atoms with E-state index in [-0.39, 0.29) is 5.97 Å². The third kappa shape index (κ3) is 5.44. The van der Waals surface area contributed by atoms with Gasteiger partial charge in [-0.1, -0.05) is 0 Å². The number of nitrogens with one attached hydrogen (secondary N) is 1. The molecule has 4 aromatic rings. The van der Waals surface area contributed by atoms with Gasteiger partial charge < -0.3 is 34.9 Å². The Hall–Kier alpha value is -4.31. The van der Waals surface area contributed by atoms with Crippen molar-refractivity contribution in [2.45, 2.75) is 0 Å². The summed E-state index contributed by atoms with van der Waals surface area (Å²) in [7, 11) is 11.0. The van der Waals surface area contributed by atoms with E-state index in [1.165, 1.54) is 7.11 Å². The number of carbonyl (C=O) groups excluding carboxylic acids is 1. The van der Waals surface area contributed by atoms with Crippen LogP contribution in [-0.2, 0) is 11.8 Å². The van der Waals surface area contributed by atoms with Gasteiger partial charge in [-0.05, 0) is 44.4 Å². The Balaban J connectivity index is 1.67. The zero-order valence-electron chi connectivity index (χ0n) is 22.1. The molecule has 194 valence electrons. The van der Waals surface area contributed by atoms with E-state index in [1.807, 2.05) is 69.3 Å². The number of aryl methyl sites for hydroxylation is 1. The minimum absolute atomic E-state index is 0.387. The highest BCUT2D eigenvalue weighted by Crippen LogP contribution is 2.36. The Morgan fingerprint density at radius 3 is 2.59 bits per heavy atom. The first kappa shape index (κ1) is 25.8. The van der Waals surface area contributed by atoms with E-state index in [2.05, 4.69) is 20.1 Å². The molecular weight excluding hydrogens is 470 g/mol. The molecule has 0 unspecified atom stereocenters. The van der Waals surface area contributed by atoms with E-state index in [0.29, 0.717) is 34.3 Å². The first-order chi connectivity index (χ1) is 17.7. The van der Waals surface area contributed by atoms with Crippen LogP contribution in [0.5, 0.6) is 5.75 Å². The van der Waals surface area contributed by atoms with Crippen molar-refractivity contribution in [1.82, 2.24) is 19.4 Å². The van der Waals surface area contributed by atoms with Crippen molar-refractivity contribution in [3.8, 4) is 17.0 Å². The van der Waals surface area contributed by atoms with Crippen molar-refractivity contribution in [2.24, 2.45) is 7.05 Å². The molecule has 0 radical (unpaired) electrons. The lowest BCUT2D eigenvalue weighted by Crippen LogP contribution is -2.29. The number of nitrogen functional groups attached to an aromatic ring is 1. The molecule has 0 aliphatic rings. The number of hydrogen-bond acceptors (Lipinski definition) is 9. The lowest BCUT2D eigenvalue weighted by Gasteiger charge is -2.24. The zero-order valence-corrected chi connectivity index (χ0v) is 22.1. The second-order valence-corrected chi connectivity index (χ2v) is 9.10. The van der Waals surface area contributed by atoms with Crippen molar-refractivity contribution in [2.75, 3.05) is 64.4 Å². The van der Waals surface area contributed by atoms with Crippen LogP contribution >= 0.6 is 0 Å². The fourth-order valence-electron chi connectivity index (χ4n) is 4.18. The number of hydrogen-bond donors (Lipinski definition) is 2. The molecule has 10 nitrogen and oxygen atoms in total. The number of nitrogens with two attached hydrogens (primary N) is 1. The number of rotatable bonds is 9. The molecule has 0 spiro atoms. The third-order valence-electron chi connectivity index (χ3n) is 6.23. The summed E-state index contributed by atoms with van der Waals surface area (Å²) in [4.78, 5) is 25.5. The van der Waals surface area contributed by atoms with Crippen molar-refractivity contribution in [3.63, 3.8) is 0 Å². The number of fused-ring (bicyclic) bond motifs is 1. The van der Waals surface area contributed by atoms with Gasteiger partial charge in [0.25, 0.3) is 0 Å². The lowest BCUT2D eigenvalue weighted by atomic mass is 10.1. The summed E-state index contributed by atoms with van der Waals surface area (Å²) >= 11 is 0. The number of benzene rings is 2. The van der Waals surface area contributed by atoms with Crippen molar-refractivity contribution < 1.29 is 14.3 Å². The van der Waals surface area contributed by atoms with Gasteiger partial charge >= 0.3 is 5.97 Å². The second-order valence-electron chi connectivity index (χ2n) is 9.10. The topological polar surface area (TPSA) is 111 Å². The van der Waals surface area contributed by atoms with Crippen LogP contribution in [0.1, 0.15) is 10.4 Å². The zero-order chi connectivity index (χ0) is 26.7. The summed E-state index contributed by atoms with van der Waals surface area (Å²) in [6, 6.07) is 11.0. The van der Waals surface area contributed by atoms with Crippen molar-refractivity contribution in [3.05, 3.63) is 54.4 Å². The molecule has 0 saturated carbocycles. The highest BCUT2D eigenvalue weighted by Gasteiger charge is 2.16. The first-order valence-corrected chi connectivity index (χ1v) is 11.8. The highest BCUT2D eigenvalue weighted by atomic mass is 16.5. The summed E-state index contributed by atoms with van der Waals surface area (Å²) in [6.45, 7) is 1.72. The Morgan fingerprint density at radius 1 is 1.11 bits per heavy atom. The molecule has 0 fully saturated rings. The van der Waals surface area contributed by atoms with Crippen LogP contribution in [0.15, 0.2) is 48.8 Å². The fourth-order valence-corrected chi connectivity index (χ4v) is 4.18. The maximum absolute atomic E-state index is 12.1. The number of likely N-dealkylation sites (N-methyl/N-ethyl adjacent to an activating group) is 2. The van der Waals surface area contributed by atoms with Gasteiger partial charge in [-0.3, -0.25) is 0 Å². The molecule has 0 bridgehead atoms. The average Bonchev–Trinajstić information content (AvgIpc) is 3.22. The molecule has 0 atom stereocenters. The second kappa shape index (κ2) is 10.8. The molecule has 3 N–H and O–H groups in total. The van der Waals surface area contributed by atoms with Crippen molar-refractivity contribution in [1.29, 1.82) is 0 Å². The van der Waals surface area contributed by atoms with Gasteiger partial charge in [0.2, 0.25) is 5.95 Å². The predicted octanol–water partition coefficient (Wildman–Crippen LogP) is 3.75.